The summed E-state index contributed by atoms with van der Waals surface area (Å²) < 4.78 is 0. The number of hydrogen-bond acceptors (Lipinski definition) is 2. The van der Waals surface area contributed by atoms with Gasteiger partial charge in [-0.1, -0.05) is 127 Å². The number of rotatable bonds is 7. The number of benzene rings is 7. The van der Waals surface area contributed by atoms with Gasteiger partial charge in [0.25, 0.3) is 0 Å². The quantitative estimate of drug-likeness (QED) is 0.182. The summed E-state index contributed by atoms with van der Waals surface area (Å²) in [5, 5.41) is 0. The lowest BCUT2D eigenvalue weighted by molar-refractivity contribution is 0.714. The zero-order valence-corrected chi connectivity index (χ0v) is 25.8. The Morgan fingerprint density at radius 3 is 1.28 bits per heavy atom. The molecule has 0 bridgehead atoms. The Morgan fingerprint density at radius 2 is 0.783 bits per heavy atom. The maximum atomic E-state index is 2.43. The van der Waals surface area contributed by atoms with Crippen LogP contribution in [0.1, 0.15) is 23.6 Å². The van der Waals surface area contributed by atoms with E-state index in [1.807, 2.05) is 0 Å². The van der Waals surface area contributed by atoms with Crippen LogP contribution in [0.2, 0.25) is 0 Å². The highest BCUT2D eigenvalue weighted by atomic mass is 15.2. The second-order valence-electron chi connectivity index (χ2n) is 11.9. The Balaban J connectivity index is 1.50. The van der Waals surface area contributed by atoms with Gasteiger partial charge in [-0.05, 0) is 89.8 Å². The van der Waals surface area contributed by atoms with Gasteiger partial charge in [0.1, 0.15) is 0 Å². The van der Waals surface area contributed by atoms with Gasteiger partial charge in [0.05, 0.1) is 5.69 Å². The molecule has 7 aromatic carbocycles. The molecule has 0 heterocycles. The highest BCUT2D eigenvalue weighted by molar-refractivity contribution is 5.99. The van der Waals surface area contributed by atoms with Crippen molar-refractivity contribution in [2.75, 3.05) is 9.80 Å². The molecular formula is C44H34N2. The number of nitrogens with zero attached hydrogens (tertiary/aromatic N) is 2. The van der Waals surface area contributed by atoms with Crippen molar-refractivity contribution in [1.82, 2.24) is 0 Å². The van der Waals surface area contributed by atoms with Gasteiger partial charge < -0.3 is 9.80 Å². The van der Waals surface area contributed by atoms with Crippen LogP contribution in [0.4, 0.5) is 34.1 Å². The van der Waals surface area contributed by atoms with E-state index in [1.54, 1.807) is 0 Å². The molecule has 0 saturated heterocycles. The zero-order chi connectivity index (χ0) is 30.9. The molecule has 1 atom stereocenters. The minimum atomic E-state index is -0.365. The van der Waals surface area contributed by atoms with Crippen molar-refractivity contribution in [2.24, 2.45) is 0 Å². The fourth-order valence-electron chi connectivity index (χ4n) is 7.14. The third-order valence-corrected chi connectivity index (χ3v) is 9.28. The van der Waals surface area contributed by atoms with E-state index in [0.717, 1.165) is 34.1 Å². The van der Waals surface area contributed by atoms with E-state index in [9.17, 15) is 0 Å². The topological polar surface area (TPSA) is 6.48 Å². The van der Waals surface area contributed by atoms with Crippen molar-refractivity contribution >= 4 is 34.1 Å². The molecule has 8 rings (SSSR count). The van der Waals surface area contributed by atoms with Gasteiger partial charge in [-0.25, -0.2) is 0 Å². The molecule has 0 N–H and O–H groups in total. The minimum Gasteiger partial charge on any atom is -0.310 e. The normalized spacial score (nSPS) is 14.7. The largest absolute Gasteiger partial charge is 0.310 e. The summed E-state index contributed by atoms with van der Waals surface area (Å²) in [5.41, 5.74) is 12.8. The fraction of sp³-hybridized carbons (Fsp3) is 0.0455. The Morgan fingerprint density at radius 1 is 0.370 bits per heavy atom. The molecule has 0 saturated carbocycles. The third-order valence-electron chi connectivity index (χ3n) is 9.28. The second-order valence-corrected chi connectivity index (χ2v) is 11.9. The molecule has 2 heteroatoms. The van der Waals surface area contributed by atoms with Gasteiger partial charge in [0.15, 0.2) is 0 Å². The molecular weight excluding hydrogens is 556 g/mol. The summed E-state index contributed by atoms with van der Waals surface area (Å²) >= 11 is 0. The van der Waals surface area contributed by atoms with E-state index in [4.69, 9.17) is 0 Å². The molecule has 46 heavy (non-hydrogen) atoms. The third kappa shape index (κ3) is 4.58. The van der Waals surface area contributed by atoms with Crippen LogP contribution in [0.25, 0.3) is 11.1 Å². The first-order chi connectivity index (χ1) is 22.7. The highest BCUT2D eigenvalue weighted by Crippen LogP contribution is 2.58. The smallest absolute Gasteiger partial charge is 0.0564 e. The Hall–Kier alpha value is -5.86. The van der Waals surface area contributed by atoms with Crippen LogP contribution in [-0.2, 0) is 5.41 Å². The van der Waals surface area contributed by atoms with Crippen LogP contribution in [0.15, 0.2) is 188 Å². The molecule has 0 radical (unpaired) electrons. The van der Waals surface area contributed by atoms with E-state index >= 15 is 0 Å². The van der Waals surface area contributed by atoms with E-state index in [-0.39, 0.29) is 5.41 Å². The predicted molar refractivity (Wildman–Crippen MR) is 193 cm³/mol. The van der Waals surface area contributed by atoms with Crippen molar-refractivity contribution in [3.05, 3.63) is 205 Å². The summed E-state index contributed by atoms with van der Waals surface area (Å²) in [5.74, 6) is 0. The monoisotopic (exact) mass is 590 g/mol. The van der Waals surface area contributed by atoms with Gasteiger partial charge in [-0.3, -0.25) is 0 Å². The standard InChI is InChI=1S/C44H34N2/c1-44(33-19-7-2-8-20-33)40-30-18-17-29-39(40)43-41(44)31-38(45(34-21-9-3-10-22-34)35-23-11-4-12-24-35)32-42(43)46(36-25-13-5-14-26-36)37-27-15-6-16-28-37/h2-32H,1H3. The average Bonchev–Trinajstić information content (AvgIpc) is 3.40. The molecule has 7 aromatic rings. The molecule has 0 aromatic heterocycles. The van der Waals surface area contributed by atoms with Gasteiger partial charge in [-0.15, -0.1) is 0 Å². The van der Waals surface area contributed by atoms with Crippen molar-refractivity contribution < 1.29 is 0 Å². The summed E-state index contributed by atoms with van der Waals surface area (Å²) in [6, 6.07) is 67.6. The van der Waals surface area contributed by atoms with E-state index in [0.29, 0.717) is 0 Å². The van der Waals surface area contributed by atoms with Gasteiger partial charge in [-0.2, -0.15) is 0 Å². The lowest BCUT2D eigenvalue weighted by Gasteiger charge is -2.34. The summed E-state index contributed by atoms with van der Waals surface area (Å²) in [4.78, 5) is 4.80. The van der Waals surface area contributed by atoms with Crippen molar-refractivity contribution in [3.63, 3.8) is 0 Å². The first-order valence-electron chi connectivity index (χ1n) is 15.9. The average molecular weight is 591 g/mol. The van der Waals surface area contributed by atoms with Crippen LogP contribution in [-0.4, -0.2) is 0 Å². The summed E-state index contributed by atoms with van der Waals surface area (Å²) in [6.07, 6.45) is 0. The van der Waals surface area contributed by atoms with Gasteiger partial charge in [0.2, 0.25) is 0 Å². The van der Waals surface area contributed by atoms with Crippen LogP contribution in [0.5, 0.6) is 0 Å². The predicted octanol–water partition coefficient (Wildman–Crippen LogP) is 12.0. The number of hydrogen-bond donors (Lipinski definition) is 0. The number of anilines is 6. The highest BCUT2D eigenvalue weighted by Gasteiger charge is 2.43. The summed E-state index contributed by atoms with van der Waals surface area (Å²) in [6.45, 7) is 2.39. The number of fused-ring (bicyclic) bond motifs is 3. The molecule has 2 nitrogen and oxygen atoms in total. The fourth-order valence-corrected chi connectivity index (χ4v) is 7.14. The molecule has 220 valence electrons. The second kappa shape index (κ2) is 11.6. The molecule has 1 aliphatic carbocycles. The maximum Gasteiger partial charge on any atom is 0.0564 e. The SMILES string of the molecule is CC1(c2ccccc2)c2ccccc2-c2c(N(c3ccccc3)c3ccccc3)cc(N(c3ccccc3)c3ccccc3)cc21. The lowest BCUT2D eigenvalue weighted by Crippen LogP contribution is -2.23. The van der Waals surface area contributed by atoms with Crippen LogP contribution < -0.4 is 9.80 Å². The molecule has 0 fully saturated rings. The lowest BCUT2D eigenvalue weighted by atomic mass is 9.74. The molecule has 0 spiro atoms. The van der Waals surface area contributed by atoms with Crippen LogP contribution in [0, 0.1) is 0 Å². The molecule has 1 aliphatic rings. The van der Waals surface area contributed by atoms with Crippen molar-refractivity contribution in [2.45, 2.75) is 12.3 Å². The van der Waals surface area contributed by atoms with E-state index in [1.165, 1.54) is 27.8 Å². The maximum absolute atomic E-state index is 2.43. The first-order valence-corrected chi connectivity index (χ1v) is 15.9. The van der Waals surface area contributed by atoms with Crippen LogP contribution in [0.3, 0.4) is 0 Å². The van der Waals surface area contributed by atoms with Gasteiger partial charge >= 0.3 is 0 Å². The summed E-state index contributed by atoms with van der Waals surface area (Å²) in [7, 11) is 0. The molecule has 0 aliphatic heterocycles. The Bertz CT molecular complexity index is 2010. The molecule has 1 unspecified atom stereocenters. The van der Waals surface area contributed by atoms with Gasteiger partial charge in [0, 0.05) is 39.4 Å². The van der Waals surface area contributed by atoms with E-state index < -0.39 is 0 Å². The van der Waals surface area contributed by atoms with Crippen molar-refractivity contribution in [1.29, 1.82) is 0 Å². The Labute approximate surface area is 271 Å². The minimum absolute atomic E-state index is 0.365. The number of para-hydroxylation sites is 4. The zero-order valence-electron chi connectivity index (χ0n) is 25.8. The molecule has 0 amide bonds. The van der Waals surface area contributed by atoms with Crippen LogP contribution >= 0.6 is 0 Å². The van der Waals surface area contributed by atoms with E-state index in [2.05, 4.69) is 205 Å². The first kappa shape index (κ1) is 27.7. The van der Waals surface area contributed by atoms with Crippen molar-refractivity contribution in [3.8, 4) is 11.1 Å². The Kier molecular flexibility index (Phi) is 6.96.